The van der Waals surface area contributed by atoms with Gasteiger partial charge in [-0.15, -0.1) is 0 Å². The van der Waals surface area contributed by atoms with Gasteiger partial charge in [0, 0.05) is 25.9 Å². The van der Waals surface area contributed by atoms with E-state index in [4.69, 9.17) is 18.0 Å². The molecule has 0 amide bonds. The molecule has 114 valence electrons. The highest BCUT2D eigenvalue weighted by Crippen LogP contribution is 2.22. The van der Waals surface area contributed by atoms with Crippen molar-refractivity contribution in [3.63, 3.8) is 0 Å². The molecule has 1 rings (SSSR count). The highest BCUT2D eigenvalue weighted by atomic mass is 28.4. The van der Waals surface area contributed by atoms with Gasteiger partial charge in [0.05, 0.1) is 7.11 Å². The molecule has 0 spiro atoms. The fraction of sp³-hybridized carbons (Fsp3) is 0.600. The highest BCUT2D eigenvalue weighted by Gasteiger charge is 2.40. The van der Waals surface area contributed by atoms with Crippen molar-refractivity contribution < 1.29 is 18.0 Å². The summed E-state index contributed by atoms with van der Waals surface area (Å²) in [6, 6.07) is 6.82. The maximum atomic E-state index is 5.88. The van der Waals surface area contributed by atoms with E-state index in [-0.39, 0.29) is 0 Å². The second-order valence-corrected chi connectivity index (χ2v) is 7.10. The van der Waals surface area contributed by atoms with Crippen molar-refractivity contribution in [1.29, 1.82) is 0 Å². The Morgan fingerprint density at radius 3 is 1.90 bits per heavy atom. The van der Waals surface area contributed by atoms with Gasteiger partial charge in [0.15, 0.2) is 0 Å². The van der Waals surface area contributed by atoms with Crippen molar-refractivity contribution in [1.82, 2.24) is 0 Å². The van der Waals surface area contributed by atoms with Gasteiger partial charge in [-0.25, -0.2) is 0 Å². The molecular weight excluding hydrogens is 272 g/mol. The summed E-state index contributed by atoms with van der Waals surface area (Å²) in [5.74, 6) is 0.854. The van der Waals surface area contributed by atoms with Crippen LogP contribution in [0, 0.1) is 6.92 Å². The lowest BCUT2D eigenvalue weighted by Crippen LogP contribution is -2.48. The third-order valence-corrected chi connectivity index (χ3v) is 5.89. The van der Waals surface area contributed by atoms with Crippen LogP contribution < -0.4 is 4.74 Å². The van der Waals surface area contributed by atoms with Crippen LogP contribution in [-0.2, 0) is 19.3 Å². The number of benzene rings is 1. The fourth-order valence-electron chi connectivity index (χ4n) is 2.23. The lowest BCUT2D eigenvalue weighted by molar-refractivity contribution is 0.0704. The van der Waals surface area contributed by atoms with Gasteiger partial charge in [0.1, 0.15) is 5.75 Å². The maximum absolute atomic E-state index is 5.88. The predicted octanol–water partition coefficient (Wildman–Crippen LogP) is 3.13. The number of ether oxygens (including phenoxy) is 1. The molecule has 0 aromatic heterocycles. The normalized spacial score (nSPS) is 11.7. The first-order valence-corrected chi connectivity index (χ1v) is 9.08. The molecule has 5 heteroatoms. The van der Waals surface area contributed by atoms with Crippen LogP contribution >= 0.6 is 0 Å². The Bertz CT molecular complexity index is 392. The molecule has 0 saturated carbocycles. The van der Waals surface area contributed by atoms with Gasteiger partial charge in [0.25, 0.3) is 0 Å². The quantitative estimate of drug-likeness (QED) is 0.656. The number of hydrogen-bond donors (Lipinski definition) is 0. The number of methoxy groups -OCH3 is 1. The summed E-state index contributed by atoms with van der Waals surface area (Å²) in [4.78, 5) is 0. The summed E-state index contributed by atoms with van der Waals surface area (Å²) in [5, 5.41) is 0. The van der Waals surface area contributed by atoms with Gasteiger partial charge in [0.2, 0.25) is 0 Å². The average Bonchev–Trinajstić information content (AvgIpc) is 2.38. The van der Waals surface area contributed by atoms with Gasteiger partial charge in [-0.3, -0.25) is 0 Å². The van der Waals surface area contributed by atoms with Gasteiger partial charge >= 0.3 is 8.80 Å². The minimum absolute atomic E-state index is 0.592. The van der Waals surface area contributed by atoms with E-state index in [0.29, 0.717) is 25.9 Å². The topological polar surface area (TPSA) is 36.9 Å². The van der Waals surface area contributed by atoms with Crippen molar-refractivity contribution >= 4 is 8.80 Å². The molecule has 0 N–H and O–H groups in total. The molecule has 1 aromatic rings. The lowest BCUT2D eigenvalue weighted by atomic mass is 10.1. The van der Waals surface area contributed by atoms with Crippen LogP contribution in [0.15, 0.2) is 18.2 Å². The zero-order valence-electron chi connectivity index (χ0n) is 13.2. The van der Waals surface area contributed by atoms with Crippen molar-refractivity contribution in [3.05, 3.63) is 29.3 Å². The molecule has 0 fully saturated rings. The van der Waals surface area contributed by atoms with Crippen molar-refractivity contribution in [2.24, 2.45) is 0 Å². The zero-order valence-corrected chi connectivity index (χ0v) is 14.2. The third-order valence-electron chi connectivity index (χ3n) is 2.86. The molecule has 0 radical (unpaired) electrons. The van der Waals surface area contributed by atoms with E-state index < -0.39 is 8.80 Å². The molecule has 0 heterocycles. The summed E-state index contributed by atoms with van der Waals surface area (Å²) < 4.78 is 23.0. The third kappa shape index (κ3) is 4.90. The lowest BCUT2D eigenvalue weighted by Gasteiger charge is -2.28. The second kappa shape index (κ2) is 8.41. The van der Waals surface area contributed by atoms with Gasteiger partial charge in [-0.2, -0.15) is 0 Å². The summed E-state index contributed by atoms with van der Waals surface area (Å²) >= 11 is 0. The molecule has 0 bridgehead atoms. The Morgan fingerprint density at radius 2 is 1.45 bits per heavy atom. The predicted molar refractivity (Wildman–Crippen MR) is 82.1 cm³/mol. The van der Waals surface area contributed by atoms with Crippen LogP contribution in [-0.4, -0.2) is 35.7 Å². The second-order valence-electron chi connectivity index (χ2n) is 4.52. The van der Waals surface area contributed by atoms with Crippen LogP contribution in [0.2, 0.25) is 0 Å². The minimum Gasteiger partial charge on any atom is -0.497 e. The molecule has 0 aliphatic heterocycles. The van der Waals surface area contributed by atoms with Crippen LogP contribution in [0.1, 0.15) is 31.9 Å². The largest absolute Gasteiger partial charge is 0.505 e. The summed E-state index contributed by atoms with van der Waals surface area (Å²) in [7, 11) is -0.973. The van der Waals surface area contributed by atoms with Crippen LogP contribution in [0.5, 0.6) is 5.75 Å². The van der Waals surface area contributed by atoms with E-state index in [1.807, 2.05) is 32.9 Å². The van der Waals surface area contributed by atoms with E-state index in [9.17, 15) is 0 Å². The molecule has 4 nitrogen and oxygen atoms in total. The smallest absolute Gasteiger partial charge is 0.497 e. The summed E-state index contributed by atoms with van der Waals surface area (Å²) in [5.41, 5.74) is 2.29. The van der Waals surface area contributed by atoms with E-state index >= 15 is 0 Å². The monoisotopic (exact) mass is 298 g/mol. The molecular formula is C15H26O4Si. The van der Waals surface area contributed by atoms with Crippen molar-refractivity contribution in [3.8, 4) is 5.75 Å². The van der Waals surface area contributed by atoms with Crippen LogP contribution in [0.4, 0.5) is 0 Å². The zero-order chi connectivity index (χ0) is 15.0. The number of aryl methyl sites for hydroxylation is 1. The van der Waals surface area contributed by atoms with Crippen molar-refractivity contribution in [2.75, 3.05) is 26.9 Å². The van der Waals surface area contributed by atoms with Gasteiger partial charge in [-0.1, -0.05) is 6.07 Å². The van der Waals surface area contributed by atoms with Crippen molar-refractivity contribution in [2.45, 2.75) is 33.7 Å². The first-order valence-electron chi connectivity index (χ1n) is 7.15. The highest BCUT2D eigenvalue weighted by molar-refractivity contribution is 6.60. The first-order chi connectivity index (χ1) is 9.59. The Hall–Kier alpha value is -0.883. The minimum atomic E-state index is -2.65. The number of hydrogen-bond acceptors (Lipinski definition) is 4. The van der Waals surface area contributed by atoms with Crippen LogP contribution in [0.25, 0.3) is 0 Å². The molecule has 0 aliphatic carbocycles. The summed E-state index contributed by atoms with van der Waals surface area (Å²) in [6.45, 7) is 9.74. The van der Waals surface area contributed by atoms with E-state index in [1.54, 1.807) is 7.11 Å². The Balaban J connectivity index is 3.00. The molecule has 0 saturated heterocycles. The van der Waals surface area contributed by atoms with E-state index in [2.05, 4.69) is 13.0 Å². The molecule has 0 unspecified atom stereocenters. The Labute approximate surface area is 123 Å². The molecule has 0 atom stereocenters. The van der Waals surface area contributed by atoms with Crippen LogP contribution in [0.3, 0.4) is 0 Å². The standard InChI is InChI=1S/C15H26O4Si/c1-6-17-20(18-7-2,19-8-3)12-14-9-13(4)10-15(11-14)16-5/h9-11H,6-8,12H2,1-5H3. The Morgan fingerprint density at radius 1 is 0.900 bits per heavy atom. The fourth-order valence-corrected chi connectivity index (χ4v) is 4.81. The van der Waals surface area contributed by atoms with E-state index in [1.165, 1.54) is 0 Å². The molecule has 20 heavy (non-hydrogen) atoms. The van der Waals surface area contributed by atoms with E-state index in [0.717, 1.165) is 16.9 Å². The number of rotatable bonds is 9. The SMILES string of the molecule is CCO[Si](Cc1cc(C)cc(OC)c1)(OCC)OCC. The van der Waals surface area contributed by atoms with Gasteiger partial charge < -0.3 is 18.0 Å². The average molecular weight is 298 g/mol. The van der Waals surface area contributed by atoms with Gasteiger partial charge in [-0.05, 0) is 51.0 Å². The maximum Gasteiger partial charge on any atom is 0.505 e. The molecule has 0 aliphatic rings. The Kier molecular flexibility index (Phi) is 7.22. The summed E-state index contributed by atoms with van der Waals surface area (Å²) in [6.07, 6.45) is 0. The molecule has 1 aromatic carbocycles. The first kappa shape index (κ1) is 17.2.